The summed E-state index contributed by atoms with van der Waals surface area (Å²) in [7, 11) is 0. The zero-order valence-corrected chi connectivity index (χ0v) is 37.5. The van der Waals surface area contributed by atoms with E-state index in [0.29, 0.717) is 42.3 Å². The molecule has 1 aromatic rings. The number of piperazine rings is 1. The number of allylic oxidation sites excluding steroid dienone is 4. The van der Waals surface area contributed by atoms with Crippen molar-refractivity contribution in [2.45, 2.75) is 167 Å². The number of aromatic nitrogens is 1. The van der Waals surface area contributed by atoms with Crippen molar-refractivity contribution in [2.24, 2.45) is 16.2 Å². The van der Waals surface area contributed by atoms with E-state index in [-0.39, 0.29) is 23.0 Å². The van der Waals surface area contributed by atoms with Crippen molar-refractivity contribution in [1.29, 1.82) is 0 Å². The molecule has 1 saturated carbocycles. The van der Waals surface area contributed by atoms with Crippen molar-refractivity contribution >= 4 is 41.3 Å². The van der Waals surface area contributed by atoms with Crippen LogP contribution in [0.25, 0.3) is 0 Å². The lowest BCUT2D eigenvalue weighted by Crippen LogP contribution is -2.44. The van der Waals surface area contributed by atoms with Gasteiger partial charge in [-0.15, -0.1) is 0 Å². The molecule has 6 aliphatic rings. The maximum absolute atomic E-state index is 11.6. The Hall–Kier alpha value is -3.08. The fraction of sp³-hybridized carbons (Fsp3) is 0.711. The second-order valence-corrected chi connectivity index (χ2v) is 18.5. The lowest BCUT2D eigenvalue weighted by Gasteiger charge is -2.21. The Labute approximate surface area is 345 Å². The van der Waals surface area contributed by atoms with Crippen molar-refractivity contribution in [3.05, 3.63) is 45.3 Å². The Bertz CT molecular complexity index is 1540. The van der Waals surface area contributed by atoms with Crippen LogP contribution in [0.3, 0.4) is 0 Å². The quantitative estimate of drug-likeness (QED) is 0.261. The number of hydrogen-bond acceptors (Lipinski definition) is 7. The Morgan fingerprint density at radius 2 is 1.46 bits per heavy atom. The van der Waals surface area contributed by atoms with Crippen molar-refractivity contribution in [3.8, 4) is 0 Å². The summed E-state index contributed by atoms with van der Waals surface area (Å²) in [5.41, 5.74) is 6.54. The van der Waals surface area contributed by atoms with E-state index in [0.717, 1.165) is 107 Å². The Kier molecular flexibility index (Phi) is 21.0. The molecule has 2 aliphatic heterocycles. The van der Waals surface area contributed by atoms with E-state index in [1.54, 1.807) is 13.0 Å². The molecule has 11 heteroatoms. The molecule has 1 saturated heterocycles. The SMILES string of the molecule is CC(C)OC(C)C.CC1(C)CC(Cl)=C(C=O)C1.CC1(C)CCC(=O)C1.CC1(C)Cc2cc3n(c2C1)CCNC3=O.CC1=CC(=O)CC1.O=C1CNCCN1.[2H]CC. The van der Waals surface area contributed by atoms with Gasteiger partial charge in [0.15, 0.2) is 5.78 Å². The summed E-state index contributed by atoms with van der Waals surface area (Å²) in [4.78, 5) is 53.3. The highest BCUT2D eigenvalue weighted by Crippen LogP contribution is 2.42. The average Bonchev–Trinajstić information content (AvgIpc) is 3.87. The second kappa shape index (κ2) is 24.0. The molecular formula is C45H75ClN4O6. The third-order valence-electron chi connectivity index (χ3n) is 9.64. The molecule has 1 aromatic heterocycles. The van der Waals surface area contributed by atoms with Gasteiger partial charge in [0.2, 0.25) is 5.91 Å². The van der Waals surface area contributed by atoms with Crippen molar-refractivity contribution in [2.75, 3.05) is 26.2 Å². The predicted molar refractivity (Wildman–Crippen MR) is 229 cm³/mol. The molecule has 318 valence electrons. The average molecular weight is 805 g/mol. The first-order chi connectivity index (χ1) is 26.4. The smallest absolute Gasteiger partial charge is 0.267 e. The number of hydrogen-bond donors (Lipinski definition) is 3. The molecule has 7 rings (SSSR count). The standard InChI is InChI=1S/C12H16N2O.C8H11ClO.C7H12O.C6H8O.C6H14O.C4H8N2O.C2H6/c1-12(2)6-8-5-9-11(15)13-3-4-14(9)10(8)7-12;1-8(2)3-6(5-10)7(9)4-8;1-7(2)4-3-6(8)5-7;1-5-2-3-6(7)4-5;1-5(2)7-6(3)4;7-4-3-5-1-2-6-4;1-2/h5H,3-4,6-7H2,1-2H3,(H,13,15);5H,3-4H2,1-2H3;3-5H2,1-2H3;4H,2-3H2,1H3;5-6H,1-4H3;5H,1-3H2,(H,6,7);1-2H3/i;;;;;;1D. The monoisotopic (exact) mass is 804 g/mol. The van der Waals surface area contributed by atoms with Gasteiger partial charge in [-0.1, -0.05) is 72.5 Å². The predicted octanol–water partition coefficient (Wildman–Crippen LogP) is 8.47. The summed E-state index contributed by atoms with van der Waals surface area (Å²) in [6.07, 6.45) is 11.7. The van der Waals surface area contributed by atoms with E-state index in [1.807, 2.05) is 34.6 Å². The van der Waals surface area contributed by atoms with Crippen LogP contribution in [0.15, 0.2) is 28.3 Å². The molecule has 3 heterocycles. The number of nitrogens with one attached hydrogen (secondary N) is 3. The number of carbonyl (C=O) groups is 5. The number of fused-ring (bicyclic) bond motifs is 3. The first-order valence-corrected chi connectivity index (χ1v) is 20.8. The molecule has 10 nitrogen and oxygen atoms in total. The minimum atomic E-state index is 0.0912. The zero-order valence-electron chi connectivity index (χ0n) is 37.8. The molecule has 2 fully saturated rings. The maximum atomic E-state index is 11.6. The fourth-order valence-corrected chi connectivity index (χ4v) is 7.67. The van der Waals surface area contributed by atoms with Crippen molar-refractivity contribution < 1.29 is 30.1 Å². The van der Waals surface area contributed by atoms with Gasteiger partial charge < -0.3 is 25.3 Å². The summed E-state index contributed by atoms with van der Waals surface area (Å²) < 4.78 is 13.7. The molecule has 0 aromatic carbocycles. The number of rotatable bonds is 3. The Morgan fingerprint density at radius 3 is 1.79 bits per heavy atom. The van der Waals surface area contributed by atoms with Crippen LogP contribution in [0.1, 0.15) is 158 Å². The molecule has 0 unspecified atom stereocenters. The van der Waals surface area contributed by atoms with E-state index in [4.69, 9.17) is 17.7 Å². The Balaban J connectivity index is 0.000000347. The second-order valence-electron chi connectivity index (χ2n) is 18.1. The number of amides is 2. The van der Waals surface area contributed by atoms with E-state index in [9.17, 15) is 24.0 Å². The van der Waals surface area contributed by atoms with Gasteiger partial charge in [0.25, 0.3) is 5.91 Å². The number of aldehydes is 1. The highest BCUT2D eigenvalue weighted by molar-refractivity contribution is 6.31. The number of ether oxygens (including phenoxy) is 1. The zero-order chi connectivity index (χ0) is 43.6. The molecule has 2 amide bonds. The fourth-order valence-electron chi connectivity index (χ4n) is 7.19. The van der Waals surface area contributed by atoms with E-state index < -0.39 is 0 Å². The van der Waals surface area contributed by atoms with Crippen LogP contribution >= 0.6 is 11.6 Å². The van der Waals surface area contributed by atoms with E-state index in [2.05, 4.69) is 68.1 Å². The number of halogens is 1. The molecule has 0 atom stereocenters. The van der Waals surface area contributed by atoms with Gasteiger partial charge in [-0.3, -0.25) is 24.0 Å². The molecule has 0 spiro atoms. The number of nitrogens with zero attached hydrogens (tertiary/aromatic N) is 1. The van der Waals surface area contributed by atoms with Gasteiger partial charge in [0.1, 0.15) is 17.8 Å². The van der Waals surface area contributed by atoms with Crippen LogP contribution in [-0.4, -0.2) is 72.6 Å². The number of Topliss-reactive ketones (excluding diaryl/α,β-unsaturated/α-hetero) is 1. The molecule has 4 aliphatic carbocycles. The Morgan fingerprint density at radius 1 is 0.839 bits per heavy atom. The normalized spacial score (nSPS) is 20.8. The van der Waals surface area contributed by atoms with Crippen LogP contribution in [0.2, 0.25) is 0 Å². The number of ketones is 2. The number of carbonyl (C=O) groups excluding carboxylic acids is 5. The van der Waals surface area contributed by atoms with Gasteiger partial charge in [0, 0.05) is 63.1 Å². The van der Waals surface area contributed by atoms with Crippen molar-refractivity contribution in [1.82, 2.24) is 20.5 Å². The van der Waals surface area contributed by atoms with Crippen molar-refractivity contribution in [3.63, 3.8) is 0 Å². The first kappa shape index (κ1) is 49.1. The molecule has 0 radical (unpaired) electrons. The van der Waals surface area contributed by atoms with Gasteiger partial charge in [0.05, 0.1) is 18.8 Å². The largest absolute Gasteiger partial charge is 0.376 e. The van der Waals surface area contributed by atoms with Gasteiger partial charge in [-0.25, -0.2) is 0 Å². The first-order valence-electron chi connectivity index (χ1n) is 21.1. The minimum absolute atomic E-state index is 0.0912. The highest BCUT2D eigenvalue weighted by Gasteiger charge is 2.34. The van der Waals surface area contributed by atoms with Crippen LogP contribution < -0.4 is 16.0 Å². The van der Waals surface area contributed by atoms with Gasteiger partial charge in [-0.05, 0) is 107 Å². The maximum Gasteiger partial charge on any atom is 0.267 e. The third-order valence-corrected chi connectivity index (χ3v) is 10.0. The minimum Gasteiger partial charge on any atom is -0.376 e. The topological polar surface area (TPSA) is 136 Å². The third kappa shape index (κ3) is 19.4. The summed E-state index contributed by atoms with van der Waals surface area (Å²) in [6.45, 7) is 29.5. The van der Waals surface area contributed by atoms with Crippen LogP contribution in [0.5, 0.6) is 0 Å². The summed E-state index contributed by atoms with van der Waals surface area (Å²) in [5.74, 6) is 0.923. The van der Waals surface area contributed by atoms with Crippen LogP contribution in [0, 0.1) is 16.2 Å². The van der Waals surface area contributed by atoms with E-state index in [1.165, 1.54) is 16.8 Å². The van der Waals surface area contributed by atoms with Gasteiger partial charge >= 0.3 is 0 Å². The van der Waals surface area contributed by atoms with Gasteiger partial charge in [-0.2, -0.15) is 0 Å². The summed E-state index contributed by atoms with van der Waals surface area (Å²) >= 11 is 5.81. The van der Waals surface area contributed by atoms with Crippen LogP contribution in [0.4, 0.5) is 0 Å². The molecule has 56 heavy (non-hydrogen) atoms. The molecular weight excluding hydrogens is 728 g/mol. The lowest BCUT2D eigenvalue weighted by molar-refractivity contribution is -0.121. The molecule has 0 bridgehead atoms. The highest BCUT2D eigenvalue weighted by atomic mass is 35.5. The van der Waals surface area contributed by atoms with E-state index >= 15 is 0 Å². The summed E-state index contributed by atoms with van der Waals surface area (Å²) in [5, 5.41) is 9.24. The molecule has 3 N–H and O–H groups in total. The summed E-state index contributed by atoms with van der Waals surface area (Å²) in [6, 6.07) is 2.08. The van der Waals surface area contributed by atoms with Crippen LogP contribution in [-0.2, 0) is 43.3 Å². The lowest BCUT2D eigenvalue weighted by atomic mass is 9.90.